The van der Waals surface area contributed by atoms with E-state index in [2.05, 4.69) is 57.1 Å². The minimum absolute atomic E-state index is 0.0319. The number of hydrogen-bond acceptors (Lipinski definition) is 15. The average molecular weight is 791 g/mol. The smallest absolute Gasteiger partial charge is 0.254 e. The highest BCUT2D eigenvalue weighted by atomic mass is 79.9. The van der Waals surface area contributed by atoms with Gasteiger partial charge >= 0.3 is 0 Å². The van der Waals surface area contributed by atoms with Crippen LogP contribution in [-0.4, -0.2) is 122 Å². The van der Waals surface area contributed by atoms with Crippen LogP contribution in [0.25, 0.3) is 0 Å². The highest BCUT2D eigenvalue weighted by Crippen LogP contribution is 2.31. The third-order valence-electron chi connectivity index (χ3n) is 8.11. The van der Waals surface area contributed by atoms with E-state index in [4.69, 9.17) is 24.2 Å². The third kappa shape index (κ3) is 9.77. The van der Waals surface area contributed by atoms with Gasteiger partial charge in [-0.3, -0.25) is 9.59 Å². The molecule has 0 atom stereocenters. The maximum Gasteiger partial charge on any atom is 0.254 e. The lowest BCUT2D eigenvalue weighted by molar-refractivity contribution is 0.0301. The molecule has 6 rings (SSSR count). The first-order valence-electron chi connectivity index (χ1n) is 16.6. The van der Waals surface area contributed by atoms with Gasteiger partial charge in [0.05, 0.1) is 62.7 Å². The number of halogens is 1. The number of carbonyl (C=O) groups is 2. The van der Waals surface area contributed by atoms with Crippen molar-refractivity contribution in [3.05, 3.63) is 70.0 Å². The molecule has 2 aliphatic rings. The largest absolute Gasteiger partial charge is 0.495 e. The number of aromatic nitrogens is 4. The van der Waals surface area contributed by atoms with Crippen molar-refractivity contribution >= 4 is 62.7 Å². The lowest BCUT2D eigenvalue weighted by Crippen LogP contribution is -2.40. The van der Waals surface area contributed by atoms with Crippen molar-refractivity contribution in [2.24, 2.45) is 0 Å². The maximum atomic E-state index is 12.6. The molecule has 2 aliphatic heterocycles. The average Bonchev–Trinajstić information content (AvgIpc) is 3.22. The highest BCUT2D eigenvalue weighted by molar-refractivity contribution is 9.10. The molecule has 2 aromatic carbocycles. The number of hydrogen-bond donors (Lipinski definition) is 4. The lowest BCUT2D eigenvalue weighted by atomic mass is 10.1. The summed E-state index contributed by atoms with van der Waals surface area (Å²) in [4.78, 5) is 45.8. The molecule has 4 N–H and O–H groups in total. The molecule has 0 saturated carbocycles. The van der Waals surface area contributed by atoms with Gasteiger partial charge in [0.25, 0.3) is 11.8 Å². The number of morpholine rings is 2. The molecule has 0 aliphatic carbocycles. The summed E-state index contributed by atoms with van der Waals surface area (Å²) in [5, 5.41) is 21.1. The minimum Gasteiger partial charge on any atom is -0.495 e. The van der Waals surface area contributed by atoms with Crippen LogP contribution in [0.3, 0.4) is 0 Å². The molecule has 17 nitrogen and oxygen atoms in total. The summed E-state index contributed by atoms with van der Waals surface area (Å²) < 4.78 is 22.2. The van der Waals surface area contributed by atoms with E-state index in [-0.39, 0.29) is 11.8 Å². The van der Waals surface area contributed by atoms with Crippen molar-refractivity contribution in [3.8, 4) is 17.6 Å². The highest BCUT2D eigenvalue weighted by Gasteiger charge is 2.21. The van der Waals surface area contributed by atoms with Gasteiger partial charge in [-0.1, -0.05) is 0 Å². The number of benzene rings is 2. The molecule has 0 radical (unpaired) electrons. The zero-order valence-corrected chi connectivity index (χ0v) is 31.3. The SMILES string of the molecule is CNc1nc(Nc2ccc(C(=O)N3CCOCC3)cc2OC)ncc1Br.CNc1nc(Nc2ccc(C(=O)N3CCOCC3)cc2OC)ncc1C#N. The molecule has 2 fully saturated rings. The molecular weight excluding hydrogens is 750 g/mol. The van der Waals surface area contributed by atoms with E-state index in [1.165, 1.54) is 13.3 Å². The van der Waals surface area contributed by atoms with Crippen LogP contribution in [0.15, 0.2) is 53.3 Å². The number of anilines is 6. The summed E-state index contributed by atoms with van der Waals surface area (Å²) >= 11 is 3.38. The van der Waals surface area contributed by atoms with E-state index in [0.717, 1.165) is 4.47 Å². The predicted octanol–water partition coefficient (Wildman–Crippen LogP) is 4.12. The van der Waals surface area contributed by atoms with Crippen LogP contribution in [0, 0.1) is 11.3 Å². The Morgan fingerprint density at radius 3 is 1.64 bits per heavy atom. The molecule has 0 bridgehead atoms. The Labute approximate surface area is 315 Å². The molecule has 0 unspecified atom stereocenters. The number of nitriles is 1. The van der Waals surface area contributed by atoms with E-state index in [9.17, 15) is 9.59 Å². The van der Waals surface area contributed by atoms with Gasteiger partial charge in [0, 0.05) is 57.6 Å². The van der Waals surface area contributed by atoms with Crippen LogP contribution in [0.1, 0.15) is 26.3 Å². The first-order valence-corrected chi connectivity index (χ1v) is 17.4. The second-order valence-corrected chi connectivity index (χ2v) is 12.2. The van der Waals surface area contributed by atoms with Crippen LogP contribution in [0.2, 0.25) is 0 Å². The van der Waals surface area contributed by atoms with Crippen molar-refractivity contribution in [3.63, 3.8) is 0 Å². The molecule has 2 saturated heterocycles. The molecule has 0 spiro atoms. The molecule has 2 aromatic heterocycles. The van der Waals surface area contributed by atoms with Gasteiger partial charge in [0.15, 0.2) is 0 Å². The van der Waals surface area contributed by atoms with E-state index < -0.39 is 0 Å². The summed E-state index contributed by atoms with van der Waals surface area (Å²) in [7, 11) is 6.55. The quantitative estimate of drug-likeness (QED) is 0.179. The molecule has 4 heterocycles. The zero-order chi connectivity index (χ0) is 37.7. The molecule has 18 heteroatoms. The van der Waals surface area contributed by atoms with Gasteiger partial charge in [-0.15, -0.1) is 0 Å². The summed E-state index contributed by atoms with van der Waals surface area (Å²) in [6, 6.07) is 12.4. The number of rotatable bonds is 10. The minimum atomic E-state index is -0.0600. The van der Waals surface area contributed by atoms with Crippen LogP contribution in [-0.2, 0) is 9.47 Å². The number of nitrogens with zero attached hydrogens (tertiary/aromatic N) is 7. The Hall–Kier alpha value is -5.77. The van der Waals surface area contributed by atoms with E-state index in [1.807, 2.05) is 6.07 Å². The number of carbonyl (C=O) groups excluding carboxylic acids is 2. The van der Waals surface area contributed by atoms with Gasteiger partial charge in [0.1, 0.15) is 34.8 Å². The Balaban J connectivity index is 0.000000204. The first-order chi connectivity index (χ1) is 25.8. The predicted molar refractivity (Wildman–Crippen MR) is 202 cm³/mol. The summed E-state index contributed by atoms with van der Waals surface area (Å²) in [5.41, 5.74) is 2.75. The molecule has 278 valence electrons. The van der Waals surface area contributed by atoms with E-state index in [0.29, 0.717) is 116 Å². The monoisotopic (exact) mass is 789 g/mol. The fraction of sp³-hybridized carbons (Fsp3) is 0.343. The van der Waals surface area contributed by atoms with Crippen LogP contribution >= 0.6 is 15.9 Å². The van der Waals surface area contributed by atoms with Crippen molar-refractivity contribution in [1.29, 1.82) is 5.26 Å². The van der Waals surface area contributed by atoms with Crippen molar-refractivity contribution in [2.45, 2.75) is 0 Å². The fourth-order valence-electron chi connectivity index (χ4n) is 5.31. The summed E-state index contributed by atoms with van der Waals surface area (Å²) in [5.74, 6) is 2.76. The van der Waals surface area contributed by atoms with Crippen LogP contribution < -0.4 is 30.7 Å². The number of ether oxygens (including phenoxy) is 4. The summed E-state index contributed by atoms with van der Waals surface area (Å²) in [6.45, 7) is 4.58. The Kier molecular flexibility index (Phi) is 13.5. The van der Waals surface area contributed by atoms with Gasteiger partial charge in [-0.05, 0) is 52.3 Å². The normalized spacial score (nSPS) is 13.8. The standard InChI is InChI=1S/C18H20N6O3.C17H20BrN5O3/c1-20-16-13(10-19)11-21-18(23-16)22-14-4-3-12(9-15(14)26-2)17(25)24-5-7-27-8-6-24;1-19-15-12(18)10-20-17(22-15)21-13-4-3-11(9-14(13)25-2)16(24)23-5-7-26-8-6-23/h3-4,9,11H,5-8H2,1-2H3,(H2,20,21,22,23);3-4,9-10H,5-8H2,1-2H3,(H2,19,20,21,22). The maximum absolute atomic E-state index is 12.6. The van der Waals surface area contributed by atoms with Crippen LogP contribution in [0.4, 0.5) is 34.9 Å². The topological polar surface area (TPSA) is 201 Å². The third-order valence-corrected chi connectivity index (χ3v) is 8.69. The van der Waals surface area contributed by atoms with Gasteiger partial charge in [-0.25, -0.2) is 9.97 Å². The van der Waals surface area contributed by atoms with Gasteiger partial charge < -0.3 is 50.0 Å². The number of methoxy groups -OCH3 is 2. The second kappa shape index (κ2) is 18.6. The molecule has 4 aromatic rings. The van der Waals surface area contributed by atoms with Crippen molar-refractivity contribution in [1.82, 2.24) is 29.7 Å². The van der Waals surface area contributed by atoms with Crippen LogP contribution in [0.5, 0.6) is 11.5 Å². The first kappa shape index (κ1) is 38.5. The second-order valence-electron chi connectivity index (χ2n) is 11.3. The number of amides is 2. The number of nitrogens with one attached hydrogen (secondary N) is 4. The van der Waals surface area contributed by atoms with Gasteiger partial charge in [0.2, 0.25) is 11.9 Å². The van der Waals surface area contributed by atoms with Crippen molar-refractivity contribution < 1.29 is 28.5 Å². The Morgan fingerprint density at radius 2 is 1.21 bits per heavy atom. The molecular formula is C35H40BrN11O6. The van der Waals surface area contributed by atoms with Crippen molar-refractivity contribution in [2.75, 3.05) is 102 Å². The van der Waals surface area contributed by atoms with E-state index in [1.54, 1.807) is 73.6 Å². The molecule has 53 heavy (non-hydrogen) atoms. The lowest BCUT2D eigenvalue weighted by Gasteiger charge is -2.27. The Morgan fingerprint density at radius 1 is 0.755 bits per heavy atom. The molecule has 2 amide bonds. The van der Waals surface area contributed by atoms with E-state index >= 15 is 0 Å². The summed E-state index contributed by atoms with van der Waals surface area (Å²) in [6.07, 6.45) is 3.09. The fourth-order valence-corrected chi connectivity index (χ4v) is 5.70. The zero-order valence-electron chi connectivity index (χ0n) is 29.7. The van der Waals surface area contributed by atoms with Gasteiger partial charge in [-0.2, -0.15) is 15.2 Å². The Bertz CT molecular complexity index is 1950.